The molecule has 0 N–H and O–H groups in total. The number of alkyl halides is 1. The predicted octanol–water partition coefficient (Wildman–Crippen LogP) is 5.03. The van der Waals surface area contributed by atoms with E-state index < -0.39 is 0 Å². The van der Waals surface area contributed by atoms with Crippen LogP contribution in [0.15, 0.2) is 18.2 Å². The first kappa shape index (κ1) is 16.2. The van der Waals surface area contributed by atoms with Crippen LogP contribution in [0.1, 0.15) is 45.6 Å². The highest BCUT2D eigenvalue weighted by Gasteiger charge is 2.06. The van der Waals surface area contributed by atoms with Crippen molar-refractivity contribution in [2.24, 2.45) is 5.92 Å². The first-order valence-corrected chi connectivity index (χ1v) is 7.65. The van der Waals surface area contributed by atoms with Gasteiger partial charge in [0.25, 0.3) is 0 Å². The third-order valence-electron chi connectivity index (χ3n) is 2.84. The highest BCUT2D eigenvalue weighted by atomic mass is 35.5. The number of halogens is 1. The van der Waals surface area contributed by atoms with Crippen LogP contribution >= 0.6 is 11.6 Å². The molecule has 0 aliphatic heterocycles. The van der Waals surface area contributed by atoms with E-state index in [4.69, 9.17) is 21.1 Å². The fourth-order valence-corrected chi connectivity index (χ4v) is 1.98. The Balaban J connectivity index is 2.57. The summed E-state index contributed by atoms with van der Waals surface area (Å²) in [5.41, 5.74) is 1.02. The van der Waals surface area contributed by atoms with E-state index in [1.165, 1.54) is 6.42 Å². The van der Waals surface area contributed by atoms with Crippen LogP contribution in [0.3, 0.4) is 0 Å². The molecule has 0 saturated heterocycles. The lowest BCUT2D eigenvalue weighted by molar-refractivity contribution is 0.288. The summed E-state index contributed by atoms with van der Waals surface area (Å²) in [4.78, 5) is 0. The Morgan fingerprint density at radius 3 is 2.58 bits per heavy atom. The molecule has 1 aromatic carbocycles. The molecule has 0 aromatic heterocycles. The van der Waals surface area contributed by atoms with Crippen LogP contribution in [0.25, 0.3) is 0 Å². The van der Waals surface area contributed by atoms with Crippen LogP contribution in [-0.2, 0) is 5.88 Å². The zero-order valence-corrected chi connectivity index (χ0v) is 13.0. The third kappa shape index (κ3) is 6.20. The topological polar surface area (TPSA) is 18.5 Å². The molecule has 19 heavy (non-hydrogen) atoms. The summed E-state index contributed by atoms with van der Waals surface area (Å²) in [6, 6.07) is 5.88. The molecule has 0 heterocycles. The van der Waals surface area contributed by atoms with Crippen LogP contribution < -0.4 is 9.47 Å². The van der Waals surface area contributed by atoms with E-state index in [0.29, 0.717) is 5.88 Å². The molecule has 0 spiro atoms. The standard InChI is InChI=1S/C16H25ClO2/c1-4-9-18-15-8-7-14(12-17)16(11-15)19-10-5-6-13(2)3/h7-8,11,13H,4-6,9-10,12H2,1-3H3. The fraction of sp³-hybridized carbons (Fsp3) is 0.625. The predicted molar refractivity (Wildman–Crippen MR) is 81.4 cm³/mol. The van der Waals surface area contributed by atoms with E-state index in [1.807, 2.05) is 18.2 Å². The van der Waals surface area contributed by atoms with E-state index in [9.17, 15) is 0 Å². The molecule has 0 bridgehead atoms. The minimum atomic E-state index is 0.466. The summed E-state index contributed by atoms with van der Waals surface area (Å²) in [5, 5.41) is 0. The van der Waals surface area contributed by atoms with Crippen molar-refractivity contribution < 1.29 is 9.47 Å². The SMILES string of the molecule is CCCOc1ccc(CCl)c(OCCCC(C)C)c1. The van der Waals surface area contributed by atoms with Gasteiger partial charge in [-0.1, -0.05) is 26.8 Å². The van der Waals surface area contributed by atoms with E-state index in [0.717, 1.165) is 49.0 Å². The fourth-order valence-electron chi connectivity index (χ4n) is 1.76. The van der Waals surface area contributed by atoms with Gasteiger partial charge < -0.3 is 9.47 Å². The molecule has 0 aliphatic carbocycles. The highest BCUT2D eigenvalue weighted by molar-refractivity contribution is 6.17. The highest BCUT2D eigenvalue weighted by Crippen LogP contribution is 2.26. The van der Waals surface area contributed by atoms with Crippen molar-refractivity contribution in [3.05, 3.63) is 23.8 Å². The second kappa shape index (κ2) is 9.08. The molecule has 1 aromatic rings. The molecule has 0 unspecified atom stereocenters. The largest absolute Gasteiger partial charge is 0.493 e. The number of ether oxygens (including phenoxy) is 2. The van der Waals surface area contributed by atoms with Crippen LogP contribution in [0.5, 0.6) is 11.5 Å². The van der Waals surface area contributed by atoms with Gasteiger partial charge in [-0.05, 0) is 31.2 Å². The van der Waals surface area contributed by atoms with Crippen molar-refractivity contribution in [3.8, 4) is 11.5 Å². The Morgan fingerprint density at radius 1 is 1.16 bits per heavy atom. The molecule has 0 atom stereocenters. The molecule has 2 nitrogen and oxygen atoms in total. The van der Waals surface area contributed by atoms with Gasteiger partial charge in [-0.2, -0.15) is 0 Å². The first-order valence-electron chi connectivity index (χ1n) is 7.11. The first-order chi connectivity index (χ1) is 9.17. The molecule has 3 heteroatoms. The Bertz CT molecular complexity index is 364. The van der Waals surface area contributed by atoms with Crippen molar-refractivity contribution in [1.82, 2.24) is 0 Å². The Hall–Kier alpha value is -0.890. The van der Waals surface area contributed by atoms with Gasteiger partial charge >= 0.3 is 0 Å². The van der Waals surface area contributed by atoms with Crippen molar-refractivity contribution in [2.75, 3.05) is 13.2 Å². The molecular weight excluding hydrogens is 260 g/mol. The minimum absolute atomic E-state index is 0.466. The van der Waals surface area contributed by atoms with E-state index in [2.05, 4.69) is 20.8 Å². The maximum absolute atomic E-state index is 5.93. The molecule has 1 rings (SSSR count). The average molecular weight is 285 g/mol. The maximum Gasteiger partial charge on any atom is 0.127 e. The summed E-state index contributed by atoms with van der Waals surface area (Å²) >= 11 is 5.93. The average Bonchev–Trinajstić information content (AvgIpc) is 2.41. The Kier molecular flexibility index (Phi) is 7.73. The number of benzene rings is 1. The molecular formula is C16H25ClO2. The van der Waals surface area contributed by atoms with Crippen molar-refractivity contribution in [2.45, 2.75) is 45.9 Å². The third-order valence-corrected chi connectivity index (χ3v) is 3.13. The van der Waals surface area contributed by atoms with Crippen molar-refractivity contribution in [1.29, 1.82) is 0 Å². The Labute approximate surface area is 122 Å². The van der Waals surface area contributed by atoms with Crippen LogP contribution in [0.2, 0.25) is 0 Å². The second-order valence-corrected chi connectivity index (χ2v) is 5.40. The zero-order chi connectivity index (χ0) is 14.1. The number of hydrogen-bond donors (Lipinski definition) is 0. The molecule has 0 aliphatic rings. The summed E-state index contributed by atoms with van der Waals surface area (Å²) in [5.74, 6) is 2.89. The van der Waals surface area contributed by atoms with Gasteiger partial charge in [-0.25, -0.2) is 0 Å². The molecule has 0 fully saturated rings. The Morgan fingerprint density at radius 2 is 1.95 bits per heavy atom. The number of hydrogen-bond acceptors (Lipinski definition) is 2. The summed E-state index contributed by atoms with van der Waals surface area (Å²) in [6.07, 6.45) is 3.25. The van der Waals surface area contributed by atoms with Gasteiger partial charge in [-0.15, -0.1) is 11.6 Å². The molecule has 0 saturated carbocycles. The van der Waals surface area contributed by atoms with Crippen LogP contribution in [-0.4, -0.2) is 13.2 Å². The summed E-state index contributed by atoms with van der Waals surface area (Å²) in [7, 11) is 0. The summed E-state index contributed by atoms with van der Waals surface area (Å²) < 4.78 is 11.5. The van der Waals surface area contributed by atoms with Gasteiger partial charge in [0.1, 0.15) is 11.5 Å². The van der Waals surface area contributed by atoms with Gasteiger partial charge in [0.2, 0.25) is 0 Å². The normalized spacial score (nSPS) is 10.8. The van der Waals surface area contributed by atoms with Gasteiger partial charge in [-0.3, -0.25) is 0 Å². The molecule has 108 valence electrons. The minimum Gasteiger partial charge on any atom is -0.493 e. The smallest absolute Gasteiger partial charge is 0.127 e. The lowest BCUT2D eigenvalue weighted by atomic mass is 10.1. The van der Waals surface area contributed by atoms with Gasteiger partial charge in [0.15, 0.2) is 0 Å². The second-order valence-electron chi connectivity index (χ2n) is 5.14. The van der Waals surface area contributed by atoms with E-state index >= 15 is 0 Å². The lowest BCUT2D eigenvalue weighted by Crippen LogP contribution is -2.02. The quantitative estimate of drug-likeness (QED) is 0.468. The summed E-state index contributed by atoms with van der Waals surface area (Å²) in [6.45, 7) is 8.01. The lowest BCUT2D eigenvalue weighted by Gasteiger charge is -2.13. The molecule has 0 radical (unpaired) electrons. The van der Waals surface area contributed by atoms with Crippen molar-refractivity contribution >= 4 is 11.6 Å². The monoisotopic (exact) mass is 284 g/mol. The van der Waals surface area contributed by atoms with Crippen molar-refractivity contribution in [3.63, 3.8) is 0 Å². The van der Waals surface area contributed by atoms with Crippen LogP contribution in [0, 0.1) is 5.92 Å². The zero-order valence-electron chi connectivity index (χ0n) is 12.2. The van der Waals surface area contributed by atoms with Crippen LogP contribution in [0.4, 0.5) is 0 Å². The van der Waals surface area contributed by atoms with Gasteiger partial charge in [0, 0.05) is 11.6 Å². The number of rotatable bonds is 9. The van der Waals surface area contributed by atoms with Gasteiger partial charge in [0.05, 0.1) is 19.1 Å². The molecule has 0 amide bonds. The van der Waals surface area contributed by atoms with E-state index in [1.54, 1.807) is 0 Å². The van der Waals surface area contributed by atoms with E-state index in [-0.39, 0.29) is 0 Å². The maximum atomic E-state index is 5.93.